The molecule has 0 unspecified atom stereocenters. The van der Waals surface area contributed by atoms with E-state index in [4.69, 9.17) is 0 Å². The Morgan fingerprint density at radius 1 is 1.57 bits per heavy atom. The first-order valence-corrected chi connectivity index (χ1v) is 9.10. The number of rotatable bonds is 5. The first-order valence-electron chi connectivity index (χ1n) is 8.22. The highest BCUT2D eigenvalue weighted by Crippen LogP contribution is 2.24. The van der Waals surface area contributed by atoms with Crippen molar-refractivity contribution in [2.45, 2.75) is 32.2 Å². The van der Waals surface area contributed by atoms with E-state index in [1.54, 1.807) is 11.3 Å². The highest BCUT2D eigenvalue weighted by Gasteiger charge is 2.28. The fraction of sp³-hybridized carbons (Fsp3) is 0.529. The Morgan fingerprint density at radius 3 is 3.09 bits per heavy atom. The normalized spacial score (nSPS) is 19.0. The van der Waals surface area contributed by atoms with Gasteiger partial charge in [0.05, 0.1) is 12.2 Å². The van der Waals surface area contributed by atoms with Gasteiger partial charge in [0, 0.05) is 31.2 Å². The van der Waals surface area contributed by atoms with Gasteiger partial charge in [0.2, 0.25) is 0 Å². The molecule has 0 saturated carbocycles. The van der Waals surface area contributed by atoms with Gasteiger partial charge >= 0.3 is 6.03 Å². The monoisotopic (exact) mass is 332 g/mol. The molecule has 1 saturated heterocycles. The van der Waals surface area contributed by atoms with E-state index in [9.17, 15) is 4.79 Å². The highest BCUT2D eigenvalue weighted by atomic mass is 32.1. The Labute approximate surface area is 141 Å². The summed E-state index contributed by atoms with van der Waals surface area (Å²) in [4.78, 5) is 15.7. The summed E-state index contributed by atoms with van der Waals surface area (Å²) >= 11 is 1.70. The molecule has 23 heavy (non-hydrogen) atoms. The minimum atomic E-state index is 0.0685. The van der Waals surface area contributed by atoms with Gasteiger partial charge in [0.25, 0.3) is 0 Å². The maximum Gasteiger partial charge on any atom is 0.317 e. The van der Waals surface area contributed by atoms with Crippen LogP contribution in [-0.2, 0) is 13.5 Å². The highest BCUT2D eigenvalue weighted by molar-refractivity contribution is 7.10. The standard InChI is InChI=1S/C17H24N4OS/c1-3-15(16-5-4-8-23-16)19-17(22)21-7-6-13(12-21)9-14-10-18-20(2)11-14/h4-5,8,10-11,13,15H,3,6-7,9,12H2,1-2H3,(H,19,22)/t13-,15-/m1/s1. The van der Waals surface area contributed by atoms with Gasteiger partial charge in [-0.3, -0.25) is 4.68 Å². The van der Waals surface area contributed by atoms with Gasteiger partial charge < -0.3 is 10.2 Å². The molecular weight excluding hydrogens is 308 g/mol. The van der Waals surface area contributed by atoms with Gasteiger partial charge in [-0.1, -0.05) is 13.0 Å². The number of carbonyl (C=O) groups excluding carboxylic acids is 1. The lowest BCUT2D eigenvalue weighted by Crippen LogP contribution is -2.40. The Hall–Kier alpha value is -1.82. The van der Waals surface area contributed by atoms with Crippen LogP contribution in [0.25, 0.3) is 0 Å². The molecule has 0 aliphatic carbocycles. The number of thiophene rings is 1. The average Bonchev–Trinajstić information content (AvgIpc) is 3.27. The molecule has 1 N–H and O–H groups in total. The zero-order valence-electron chi connectivity index (χ0n) is 13.7. The first-order chi connectivity index (χ1) is 11.2. The quantitative estimate of drug-likeness (QED) is 0.914. The molecule has 1 fully saturated rings. The second-order valence-electron chi connectivity index (χ2n) is 6.25. The van der Waals surface area contributed by atoms with E-state index >= 15 is 0 Å². The Morgan fingerprint density at radius 2 is 2.43 bits per heavy atom. The molecule has 2 aromatic rings. The lowest BCUT2D eigenvalue weighted by molar-refractivity contribution is 0.202. The van der Waals surface area contributed by atoms with Crippen LogP contribution in [-0.4, -0.2) is 33.8 Å². The van der Waals surface area contributed by atoms with Crippen molar-refractivity contribution in [1.29, 1.82) is 0 Å². The molecule has 2 amide bonds. The van der Waals surface area contributed by atoms with Crippen LogP contribution in [0, 0.1) is 5.92 Å². The topological polar surface area (TPSA) is 50.2 Å². The molecule has 5 nitrogen and oxygen atoms in total. The second-order valence-corrected chi connectivity index (χ2v) is 7.23. The van der Waals surface area contributed by atoms with Gasteiger partial charge in [0.15, 0.2) is 0 Å². The average molecular weight is 332 g/mol. The number of carbonyl (C=O) groups is 1. The summed E-state index contributed by atoms with van der Waals surface area (Å²) in [7, 11) is 1.94. The molecule has 2 aromatic heterocycles. The third-order valence-electron chi connectivity index (χ3n) is 4.45. The number of aryl methyl sites for hydroxylation is 1. The van der Waals surface area contributed by atoms with Gasteiger partial charge in [-0.2, -0.15) is 5.10 Å². The summed E-state index contributed by atoms with van der Waals surface area (Å²) in [6.45, 7) is 3.79. The summed E-state index contributed by atoms with van der Waals surface area (Å²) in [5.41, 5.74) is 1.25. The van der Waals surface area contributed by atoms with Crippen LogP contribution in [0.3, 0.4) is 0 Å². The number of hydrogen-bond donors (Lipinski definition) is 1. The van der Waals surface area contributed by atoms with Gasteiger partial charge in [-0.25, -0.2) is 4.79 Å². The van der Waals surface area contributed by atoms with Crippen LogP contribution < -0.4 is 5.32 Å². The summed E-state index contributed by atoms with van der Waals surface area (Å²) in [5, 5.41) is 9.46. The van der Waals surface area contributed by atoms with Crippen LogP contribution >= 0.6 is 11.3 Å². The minimum Gasteiger partial charge on any atom is -0.330 e. The number of amides is 2. The Bertz CT molecular complexity index is 637. The van der Waals surface area contributed by atoms with Crippen molar-refractivity contribution in [2.24, 2.45) is 13.0 Å². The number of nitrogens with one attached hydrogen (secondary N) is 1. The molecule has 0 spiro atoms. The van der Waals surface area contributed by atoms with Crippen LogP contribution in [0.5, 0.6) is 0 Å². The largest absolute Gasteiger partial charge is 0.330 e. The molecule has 6 heteroatoms. The lowest BCUT2D eigenvalue weighted by atomic mass is 10.0. The van der Waals surface area contributed by atoms with E-state index < -0.39 is 0 Å². The zero-order chi connectivity index (χ0) is 16.2. The molecule has 0 radical (unpaired) electrons. The van der Waals surface area contributed by atoms with Crippen molar-refractivity contribution >= 4 is 17.4 Å². The molecule has 1 aliphatic rings. The molecule has 0 bridgehead atoms. The molecule has 124 valence electrons. The van der Waals surface area contributed by atoms with Gasteiger partial charge in [-0.15, -0.1) is 11.3 Å². The van der Waals surface area contributed by atoms with Gasteiger partial charge in [-0.05, 0) is 42.2 Å². The molecular formula is C17H24N4OS. The van der Waals surface area contributed by atoms with Gasteiger partial charge in [0.1, 0.15) is 0 Å². The smallest absolute Gasteiger partial charge is 0.317 e. The van der Waals surface area contributed by atoms with E-state index in [0.717, 1.165) is 32.4 Å². The third-order valence-corrected chi connectivity index (χ3v) is 5.43. The van der Waals surface area contributed by atoms with Crippen LogP contribution in [0.4, 0.5) is 4.79 Å². The van der Waals surface area contributed by atoms with Crippen molar-refractivity contribution in [3.63, 3.8) is 0 Å². The van der Waals surface area contributed by atoms with Crippen LogP contribution in [0.15, 0.2) is 29.9 Å². The summed E-state index contributed by atoms with van der Waals surface area (Å²) in [6, 6.07) is 4.32. The summed E-state index contributed by atoms with van der Waals surface area (Å²) in [6.07, 6.45) is 6.97. The predicted molar refractivity (Wildman–Crippen MR) is 92.5 cm³/mol. The minimum absolute atomic E-state index is 0.0685. The molecule has 0 aromatic carbocycles. The van der Waals surface area contributed by atoms with Crippen molar-refractivity contribution in [2.75, 3.05) is 13.1 Å². The van der Waals surface area contributed by atoms with E-state index in [-0.39, 0.29) is 12.1 Å². The maximum atomic E-state index is 12.5. The van der Waals surface area contributed by atoms with Crippen LogP contribution in [0.2, 0.25) is 0 Å². The Balaban J connectivity index is 1.52. The fourth-order valence-electron chi connectivity index (χ4n) is 3.20. The first kappa shape index (κ1) is 16.1. The number of urea groups is 1. The maximum absolute atomic E-state index is 12.5. The van der Waals surface area contributed by atoms with E-state index in [0.29, 0.717) is 5.92 Å². The summed E-state index contributed by atoms with van der Waals surface area (Å²) in [5.74, 6) is 0.534. The fourth-order valence-corrected chi connectivity index (χ4v) is 4.06. The van der Waals surface area contributed by atoms with E-state index in [1.807, 2.05) is 28.9 Å². The molecule has 3 rings (SSSR count). The zero-order valence-corrected chi connectivity index (χ0v) is 14.6. The molecule has 3 heterocycles. The summed E-state index contributed by atoms with van der Waals surface area (Å²) < 4.78 is 1.83. The van der Waals surface area contributed by atoms with Crippen LogP contribution in [0.1, 0.15) is 36.2 Å². The van der Waals surface area contributed by atoms with Crippen molar-refractivity contribution < 1.29 is 4.79 Å². The number of nitrogens with zero attached hydrogens (tertiary/aromatic N) is 3. The SMILES string of the molecule is CC[C@@H](NC(=O)N1CC[C@H](Cc2cnn(C)c2)C1)c1cccs1. The van der Waals surface area contributed by atoms with E-state index in [2.05, 4.69) is 35.0 Å². The van der Waals surface area contributed by atoms with Crippen molar-refractivity contribution in [1.82, 2.24) is 20.0 Å². The van der Waals surface area contributed by atoms with Crippen molar-refractivity contribution in [3.05, 3.63) is 40.3 Å². The number of likely N-dealkylation sites (tertiary alicyclic amines) is 1. The number of hydrogen-bond acceptors (Lipinski definition) is 3. The second kappa shape index (κ2) is 7.17. The van der Waals surface area contributed by atoms with E-state index in [1.165, 1.54) is 10.4 Å². The van der Waals surface area contributed by atoms with Crippen molar-refractivity contribution in [3.8, 4) is 0 Å². The number of aromatic nitrogens is 2. The molecule has 1 aliphatic heterocycles. The third kappa shape index (κ3) is 3.93. The lowest BCUT2D eigenvalue weighted by Gasteiger charge is -2.22. The molecule has 2 atom stereocenters. The Kier molecular flexibility index (Phi) is 5.00. The predicted octanol–water partition coefficient (Wildman–Crippen LogP) is 3.21.